The van der Waals surface area contributed by atoms with Crippen molar-refractivity contribution in [2.24, 2.45) is 11.8 Å². The topological polar surface area (TPSA) is 76.0 Å². The second-order valence-corrected chi connectivity index (χ2v) is 5.67. The fraction of sp³-hybridized carbons (Fsp3) is 0.533. The van der Waals surface area contributed by atoms with Gasteiger partial charge in [0.15, 0.2) is 0 Å². The predicted octanol–water partition coefficient (Wildman–Crippen LogP) is 0.817. The number of urea groups is 1. The number of likely N-dealkylation sites (tertiary alicyclic amines) is 1. The largest absolute Gasteiger partial charge is 0.396 e. The van der Waals surface area contributed by atoms with Crippen LogP contribution in [0.1, 0.15) is 0 Å². The molecule has 1 aromatic carbocycles. The average Bonchev–Trinajstić information content (AvgIpc) is 2.91. The van der Waals surface area contributed by atoms with Crippen LogP contribution in [0.2, 0.25) is 0 Å². The minimum absolute atomic E-state index is 0.00881. The Morgan fingerprint density at radius 2 is 1.90 bits per heavy atom. The van der Waals surface area contributed by atoms with E-state index in [4.69, 9.17) is 0 Å². The lowest BCUT2D eigenvalue weighted by molar-refractivity contribution is 0.152. The first-order valence-electron chi connectivity index (χ1n) is 7.10. The van der Waals surface area contributed by atoms with Crippen LogP contribution in [-0.2, 0) is 0 Å². The zero-order valence-electron chi connectivity index (χ0n) is 12.5. The van der Waals surface area contributed by atoms with Crippen LogP contribution in [0.4, 0.5) is 16.2 Å². The maximum absolute atomic E-state index is 12.3. The molecule has 1 aliphatic rings. The molecule has 0 bridgehead atoms. The van der Waals surface area contributed by atoms with Gasteiger partial charge in [0.25, 0.3) is 0 Å². The molecule has 0 saturated carbocycles. The van der Waals surface area contributed by atoms with Gasteiger partial charge >= 0.3 is 6.03 Å². The molecule has 0 spiro atoms. The van der Waals surface area contributed by atoms with Gasteiger partial charge in [-0.3, -0.25) is 0 Å². The zero-order valence-corrected chi connectivity index (χ0v) is 12.5. The number of aliphatic hydroxyl groups excluding tert-OH is 2. The van der Waals surface area contributed by atoms with Crippen molar-refractivity contribution in [1.82, 2.24) is 4.90 Å². The SMILES string of the molecule is CN(C)c1cccc(NC(=O)N2C[C@@H](CO)[C@H](CO)C2)c1. The standard InChI is InChI=1S/C15H23N3O3/c1-17(2)14-5-3-4-13(6-14)16-15(21)18-7-11(9-19)12(8-18)10-20/h3-6,11-12,19-20H,7-10H2,1-2H3,(H,16,21)/t11-,12-/m0/s1. The third-order valence-electron chi connectivity index (χ3n) is 3.95. The Balaban J connectivity index is 2.00. The van der Waals surface area contributed by atoms with E-state index in [1.807, 2.05) is 43.3 Å². The molecule has 1 saturated heterocycles. The van der Waals surface area contributed by atoms with Crippen molar-refractivity contribution < 1.29 is 15.0 Å². The Bertz CT molecular complexity index is 481. The van der Waals surface area contributed by atoms with Crippen molar-refractivity contribution in [2.75, 3.05) is 50.6 Å². The van der Waals surface area contributed by atoms with Gasteiger partial charge < -0.3 is 25.3 Å². The van der Waals surface area contributed by atoms with Crippen LogP contribution in [0.3, 0.4) is 0 Å². The van der Waals surface area contributed by atoms with Crippen molar-refractivity contribution in [3.05, 3.63) is 24.3 Å². The molecule has 0 aromatic heterocycles. The van der Waals surface area contributed by atoms with E-state index in [-0.39, 0.29) is 31.1 Å². The molecule has 6 heteroatoms. The van der Waals surface area contributed by atoms with E-state index in [0.717, 1.165) is 11.4 Å². The van der Waals surface area contributed by atoms with Gasteiger partial charge in [-0.25, -0.2) is 4.79 Å². The summed E-state index contributed by atoms with van der Waals surface area (Å²) in [7, 11) is 3.89. The maximum Gasteiger partial charge on any atom is 0.321 e. The van der Waals surface area contributed by atoms with E-state index in [1.165, 1.54) is 0 Å². The Labute approximate surface area is 125 Å². The highest BCUT2D eigenvalue weighted by Gasteiger charge is 2.34. The molecular weight excluding hydrogens is 270 g/mol. The monoisotopic (exact) mass is 293 g/mol. The van der Waals surface area contributed by atoms with Gasteiger partial charge in [-0.2, -0.15) is 0 Å². The molecule has 2 atom stereocenters. The number of nitrogens with zero attached hydrogens (tertiary/aromatic N) is 2. The number of hydrogen-bond acceptors (Lipinski definition) is 4. The van der Waals surface area contributed by atoms with Gasteiger partial charge in [0.2, 0.25) is 0 Å². The van der Waals surface area contributed by atoms with Gasteiger partial charge in [0.05, 0.1) is 0 Å². The van der Waals surface area contributed by atoms with Gasteiger partial charge in [0, 0.05) is 63.6 Å². The third-order valence-corrected chi connectivity index (χ3v) is 3.95. The first-order valence-corrected chi connectivity index (χ1v) is 7.10. The van der Waals surface area contributed by atoms with E-state index in [0.29, 0.717) is 13.1 Å². The number of carbonyl (C=O) groups excluding carboxylic acids is 1. The van der Waals surface area contributed by atoms with Crippen molar-refractivity contribution in [3.8, 4) is 0 Å². The molecule has 21 heavy (non-hydrogen) atoms. The van der Waals surface area contributed by atoms with Gasteiger partial charge in [-0.05, 0) is 18.2 Å². The highest BCUT2D eigenvalue weighted by molar-refractivity contribution is 5.90. The fourth-order valence-corrected chi connectivity index (χ4v) is 2.58. The molecule has 1 aliphatic heterocycles. The molecule has 3 N–H and O–H groups in total. The highest BCUT2D eigenvalue weighted by atomic mass is 16.3. The maximum atomic E-state index is 12.3. The van der Waals surface area contributed by atoms with Crippen molar-refractivity contribution in [2.45, 2.75) is 0 Å². The number of nitrogens with one attached hydrogen (secondary N) is 1. The summed E-state index contributed by atoms with van der Waals surface area (Å²) in [5.41, 5.74) is 1.75. The fourth-order valence-electron chi connectivity index (χ4n) is 2.58. The van der Waals surface area contributed by atoms with Crippen LogP contribution >= 0.6 is 0 Å². The summed E-state index contributed by atoms with van der Waals surface area (Å²) in [5.74, 6) is -0.0947. The number of hydrogen-bond donors (Lipinski definition) is 3. The molecule has 116 valence electrons. The molecule has 2 amide bonds. The molecule has 2 rings (SSSR count). The summed E-state index contributed by atoms with van der Waals surface area (Å²) < 4.78 is 0. The Kier molecular flexibility index (Phi) is 5.03. The molecule has 1 aromatic rings. The van der Waals surface area contributed by atoms with Crippen molar-refractivity contribution in [3.63, 3.8) is 0 Å². The van der Waals surface area contributed by atoms with E-state index in [9.17, 15) is 15.0 Å². The number of anilines is 2. The Morgan fingerprint density at radius 1 is 1.29 bits per heavy atom. The molecule has 1 heterocycles. The van der Waals surface area contributed by atoms with Gasteiger partial charge in [-0.1, -0.05) is 6.07 Å². The van der Waals surface area contributed by atoms with Gasteiger partial charge in [-0.15, -0.1) is 0 Å². The second kappa shape index (κ2) is 6.78. The number of carbonyl (C=O) groups is 1. The van der Waals surface area contributed by atoms with E-state index < -0.39 is 0 Å². The molecule has 0 unspecified atom stereocenters. The van der Waals surface area contributed by atoms with Crippen molar-refractivity contribution >= 4 is 17.4 Å². The van der Waals surface area contributed by atoms with Crippen LogP contribution in [0.25, 0.3) is 0 Å². The molecule has 1 fully saturated rings. The second-order valence-electron chi connectivity index (χ2n) is 5.67. The predicted molar refractivity (Wildman–Crippen MR) is 82.5 cm³/mol. The van der Waals surface area contributed by atoms with Crippen LogP contribution in [0.15, 0.2) is 24.3 Å². The van der Waals surface area contributed by atoms with Gasteiger partial charge in [0.1, 0.15) is 0 Å². The minimum Gasteiger partial charge on any atom is -0.396 e. The number of rotatable bonds is 4. The van der Waals surface area contributed by atoms with Crippen molar-refractivity contribution in [1.29, 1.82) is 0 Å². The van der Waals surface area contributed by atoms with Crippen LogP contribution in [0.5, 0.6) is 0 Å². The van der Waals surface area contributed by atoms with Crippen LogP contribution in [0, 0.1) is 11.8 Å². The lowest BCUT2D eigenvalue weighted by Crippen LogP contribution is -2.33. The zero-order chi connectivity index (χ0) is 15.4. The lowest BCUT2D eigenvalue weighted by Gasteiger charge is -2.18. The Morgan fingerprint density at radius 3 is 2.43 bits per heavy atom. The van der Waals surface area contributed by atoms with Crippen LogP contribution in [-0.4, -0.2) is 61.5 Å². The number of amides is 2. The lowest BCUT2D eigenvalue weighted by atomic mass is 9.98. The molecule has 6 nitrogen and oxygen atoms in total. The quantitative estimate of drug-likeness (QED) is 0.768. The molecule has 0 aliphatic carbocycles. The normalized spacial score (nSPS) is 21.4. The third kappa shape index (κ3) is 3.65. The summed E-state index contributed by atoms with van der Waals surface area (Å²) in [4.78, 5) is 15.9. The number of benzene rings is 1. The van der Waals surface area contributed by atoms with E-state index >= 15 is 0 Å². The summed E-state index contributed by atoms with van der Waals surface area (Å²) in [6.07, 6.45) is 0. The summed E-state index contributed by atoms with van der Waals surface area (Å²) in [5, 5.41) is 21.4. The molecule has 0 radical (unpaired) electrons. The summed E-state index contributed by atoms with van der Waals surface area (Å²) >= 11 is 0. The van der Waals surface area contributed by atoms with E-state index in [2.05, 4.69) is 5.32 Å². The molecular formula is C15H23N3O3. The summed E-state index contributed by atoms with van der Waals surface area (Å²) in [6.45, 7) is 0.929. The first kappa shape index (κ1) is 15.6. The highest BCUT2D eigenvalue weighted by Crippen LogP contribution is 2.24. The van der Waals surface area contributed by atoms with Crippen LogP contribution < -0.4 is 10.2 Å². The minimum atomic E-state index is -0.194. The average molecular weight is 293 g/mol. The first-order chi connectivity index (χ1) is 10.0. The van der Waals surface area contributed by atoms with E-state index in [1.54, 1.807) is 4.90 Å². The Hall–Kier alpha value is -1.79. The number of aliphatic hydroxyl groups is 2. The smallest absolute Gasteiger partial charge is 0.321 e. The summed E-state index contributed by atoms with van der Waals surface area (Å²) in [6, 6.07) is 7.41.